The van der Waals surface area contributed by atoms with Crippen molar-refractivity contribution in [1.29, 1.82) is 0 Å². The molecule has 38 heavy (non-hydrogen) atoms. The number of likely N-dealkylation sites (N-methyl/N-ethyl adjacent to an activating group) is 1. The molecule has 1 fully saturated rings. The van der Waals surface area contributed by atoms with E-state index in [0.29, 0.717) is 48.0 Å². The summed E-state index contributed by atoms with van der Waals surface area (Å²) in [5.74, 6) is -0.906. The van der Waals surface area contributed by atoms with Crippen LogP contribution in [-0.2, 0) is 16.2 Å². The number of amides is 1. The Bertz CT molecular complexity index is 1510. The average Bonchev–Trinajstić information content (AvgIpc) is 3.39. The van der Waals surface area contributed by atoms with Gasteiger partial charge < -0.3 is 19.6 Å². The summed E-state index contributed by atoms with van der Waals surface area (Å²) in [6.07, 6.45) is 1.78. The van der Waals surface area contributed by atoms with Gasteiger partial charge in [0.2, 0.25) is 0 Å². The number of Topliss-reactive ketones (excluding diaryl/α,β-unsaturated/α-hetero) is 1. The summed E-state index contributed by atoms with van der Waals surface area (Å²) < 4.78 is 7.66. The summed E-state index contributed by atoms with van der Waals surface area (Å²) in [5, 5.41) is 11.6. The van der Waals surface area contributed by atoms with Crippen LogP contribution in [0.3, 0.4) is 0 Å². The number of aliphatic hydroxyl groups excluding tert-OH is 1. The number of ether oxygens (including phenoxy) is 1. The highest BCUT2D eigenvalue weighted by atomic mass is 16.5. The Kier molecular flexibility index (Phi) is 6.98. The van der Waals surface area contributed by atoms with Gasteiger partial charge in [-0.1, -0.05) is 48.5 Å². The zero-order chi connectivity index (χ0) is 26.8. The molecule has 1 unspecified atom stereocenters. The van der Waals surface area contributed by atoms with Gasteiger partial charge in [-0.25, -0.2) is 4.98 Å². The molecular formula is C30H30N4O4. The molecule has 1 aliphatic heterocycles. The quantitative estimate of drug-likeness (QED) is 0.217. The van der Waals surface area contributed by atoms with Gasteiger partial charge in [0.15, 0.2) is 5.76 Å². The molecule has 3 heterocycles. The van der Waals surface area contributed by atoms with Crippen molar-refractivity contribution in [2.75, 3.05) is 27.2 Å². The number of likely N-dealkylation sites (tertiary alicyclic amines) is 1. The van der Waals surface area contributed by atoms with Crippen LogP contribution in [-0.4, -0.2) is 63.2 Å². The molecule has 0 bridgehead atoms. The van der Waals surface area contributed by atoms with Crippen molar-refractivity contribution >= 4 is 23.1 Å². The first-order valence-electron chi connectivity index (χ1n) is 12.5. The minimum atomic E-state index is -0.744. The van der Waals surface area contributed by atoms with E-state index in [2.05, 4.69) is 4.98 Å². The molecule has 5 rings (SSSR count). The molecule has 0 saturated carbocycles. The van der Waals surface area contributed by atoms with Gasteiger partial charge in [-0.2, -0.15) is 0 Å². The molecule has 8 heteroatoms. The second kappa shape index (κ2) is 10.5. The smallest absolute Gasteiger partial charge is 0.295 e. The Morgan fingerprint density at radius 1 is 1.00 bits per heavy atom. The van der Waals surface area contributed by atoms with Crippen molar-refractivity contribution in [1.82, 2.24) is 19.2 Å². The molecule has 0 spiro atoms. The topological polar surface area (TPSA) is 87.4 Å². The van der Waals surface area contributed by atoms with E-state index in [1.165, 1.54) is 4.90 Å². The number of aliphatic hydroxyl groups is 1. The van der Waals surface area contributed by atoms with Crippen molar-refractivity contribution in [2.24, 2.45) is 0 Å². The van der Waals surface area contributed by atoms with Gasteiger partial charge in [-0.15, -0.1) is 0 Å². The van der Waals surface area contributed by atoms with Crippen LogP contribution in [0, 0.1) is 6.92 Å². The second-order valence-electron chi connectivity index (χ2n) is 9.61. The summed E-state index contributed by atoms with van der Waals surface area (Å²) >= 11 is 0. The number of hydrogen-bond acceptors (Lipinski definition) is 6. The van der Waals surface area contributed by atoms with Crippen LogP contribution in [0.2, 0.25) is 0 Å². The highest BCUT2D eigenvalue weighted by molar-refractivity contribution is 6.46. The zero-order valence-corrected chi connectivity index (χ0v) is 21.7. The van der Waals surface area contributed by atoms with Gasteiger partial charge in [0.05, 0.1) is 17.3 Å². The molecule has 2 aromatic heterocycles. The van der Waals surface area contributed by atoms with Crippen LogP contribution in [0.4, 0.5) is 0 Å². The number of carbonyl (C=O) groups excluding carboxylic acids is 2. The van der Waals surface area contributed by atoms with Crippen molar-refractivity contribution in [3.05, 3.63) is 107 Å². The number of ketones is 1. The predicted octanol–water partition coefficient (Wildman–Crippen LogP) is 4.21. The fraction of sp³-hybridized carbons (Fsp3) is 0.233. The first-order chi connectivity index (χ1) is 18.3. The van der Waals surface area contributed by atoms with Gasteiger partial charge in [0, 0.05) is 19.3 Å². The Balaban J connectivity index is 1.55. The third kappa shape index (κ3) is 4.78. The number of imidazole rings is 1. The highest BCUT2D eigenvalue weighted by Gasteiger charge is 2.46. The minimum Gasteiger partial charge on any atom is -0.505 e. The zero-order valence-electron chi connectivity index (χ0n) is 21.7. The van der Waals surface area contributed by atoms with E-state index in [0.717, 1.165) is 5.56 Å². The van der Waals surface area contributed by atoms with Crippen LogP contribution < -0.4 is 4.74 Å². The number of carbonyl (C=O) groups is 2. The number of aryl methyl sites for hydroxylation is 1. The summed E-state index contributed by atoms with van der Waals surface area (Å²) in [6.45, 7) is 3.10. The Morgan fingerprint density at radius 2 is 1.71 bits per heavy atom. The predicted molar refractivity (Wildman–Crippen MR) is 145 cm³/mol. The molecule has 8 nitrogen and oxygen atoms in total. The average molecular weight is 511 g/mol. The largest absolute Gasteiger partial charge is 0.505 e. The SMILES string of the molecule is Cc1nc2ccccn2c1/C(O)=C1\C(=O)C(=O)N(CCN(C)C)C1c1ccc(OCc2ccccc2)cc1. The van der Waals surface area contributed by atoms with Gasteiger partial charge in [-0.05, 0) is 56.4 Å². The fourth-order valence-corrected chi connectivity index (χ4v) is 4.78. The molecule has 1 saturated heterocycles. The first kappa shape index (κ1) is 25.2. The van der Waals surface area contributed by atoms with Gasteiger partial charge in [0.25, 0.3) is 11.7 Å². The van der Waals surface area contributed by atoms with E-state index in [1.54, 1.807) is 17.5 Å². The van der Waals surface area contributed by atoms with Crippen LogP contribution in [0.15, 0.2) is 84.6 Å². The maximum atomic E-state index is 13.4. The Morgan fingerprint density at radius 3 is 2.42 bits per heavy atom. The number of benzene rings is 2. The monoisotopic (exact) mass is 510 g/mol. The molecular weight excluding hydrogens is 480 g/mol. The highest BCUT2D eigenvalue weighted by Crippen LogP contribution is 2.40. The Labute approximate surface area is 221 Å². The normalized spacial score (nSPS) is 17.1. The lowest BCUT2D eigenvalue weighted by molar-refractivity contribution is -0.140. The first-order valence-corrected chi connectivity index (χ1v) is 12.5. The molecule has 4 aromatic rings. The number of nitrogens with zero attached hydrogens (tertiary/aromatic N) is 4. The van der Waals surface area contributed by atoms with Gasteiger partial charge in [0.1, 0.15) is 23.7 Å². The van der Waals surface area contributed by atoms with E-state index < -0.39 is 17.7 Å². The number of hydrogen-bond donors (Lipinski definition) is 1. The molecule has 1 amide bonds. The maximum Gasteiger partial charge on any atom is 0.295 e. The number of pyridine rings is 1. The summed E-state index contributed by atoms with van der Waals surface area (Å²) in [4.78, 5) is 34.6. The molecule has 194 valence electrons. The third-order valence-electron chi connectivity index (χ3n) is 6.70. The molecule has 1 atom stereocenters. The van der Waals surface area contributed by atoms with Crippen LogP contribution in [0.25, 0.3) is 11.4 Å². The van der Waals surface area contributed by atoms with E-state index >= 15 is 0 Å². The lowest BCUT2D eigenvalue weighted by Crippen LogP contribution is -2.35. The number of fused-ring (bicyclic) bond motifs is 1. The molecule has 1 aliphatic rings. The van der Waals surface area contributed by atoms with E-state index in [9.17, 15) is 14.7 Å². The molecule has 1 N–H and O–H groups in total. The van der Waals surface area contributed by atoms with Crippen molar-refractivity contribution < 1.29 is 19.4 Å². The van der Waals surface area contributed by atoms with Crippen LogP contribution in [0.1, 0.15) is 28.6 Å². The van der Waals surface area contributed by atoms with E-state index in [1.807, 2.05) is 91.8 Å². The summed E-state index contributed by atoms with van der Waals surface area (Å²) in [5.41, 5.74) is 3.43. The van der Waals surface area contributed by atoms with Crippen molar-refractivity contribution in [3.8, 4) is 5.75 Å². The van der Waals surface area contributed by atoms with E-state index in [4.69, 9.17) is 4.74 Å². The van der Waals surface area contributed by atoms with E-state index in [-0.39, 0.29) is 11.3 Å². The third-order valence-corrected chi connectivity index (χ3v) is 6.70. The minimum absolute atomic E-state index is 0.0560. The standard InChI is InChI=1S/C30H30N4O4/c1-20-26(33-16-8-7-11-24(33)31-20)28(35)25-27(34(18-17-32(2)3)30(37)29(25)36)22-12-14-23(15-13-22)38-19-21-9-5-4-6-10-21/h4-16,27,35H,17-19H2,1-3H3/b28-25+. The summed E-state index contributed by atoms with van der Waals surface area (Å²) in [6, 6.07) is 22.0. The van der Waals surface area contributed by atoms with Crippen molar-refractivity contribution in [3.63, 3.8) is 0 Å². The molecule has 2 aromatic carbocycles. The fourth-order valence-electron chi connectivity index (χ4n) is 4.78. The summed E-state index contributed by atoms with van der Waals surface area (Å²) in [7, 11) is 3.82. The number of aromatic nitrogens is 2. The lowest BCUT2D eigenvalue weighted by Gasteiger charge is -2.26. The maximum absolute atomic E-state index is 13.4. The van der Waals surface area contributed by atoms with Gasteiger partial charge in [-0.3, -0.25) is 14.0 Å². The Hall–Kier alpha value is -4.43. The molecule has 0 radical (unpaired) electrons. The van der Waals surface area contributed by atoms with Gasteiger partial charge >= 0.3 is 0 Å². The van der Waals surface area contributed by atoms with Crippen LogP contribution >= 0.6 is 0 Å². The van der Waals surface area contributed by atoms with Crippen molar-refractivity contribution in [2.45, 2.75) is 19.6 Å². The second-order valence-corrected chi connectivity index (χ2v) is 9.61. The lowest BCUT2D eigenvalue weighted by atomic mass is 9.96. The van der Waals surface area contributed by atoms with Crippen LogP contribution in [0.5, 0.6) is 5.75 Å². The molecule has 0 aliphatic carbocycles. The number of rotatable bonds is 8.